The Kier molecular flexibility index (Phi) is 9.54. The lowest BCUT2D eigenvalue weighted by Gasteiger charge is -2.12. The first kappa shape index (κ1) is 30.8. The number of hydrogen-bond donors (Lipinski definition) is 3. The van der Waals surface area contributed by atoms with E-state index in [0.717, 1.165) is 34.2 Å². The van der Waals surface area contributed by atoms with Crippen LogP contribution >= 0.6 is 0 Å². The molecule has 11 heteroatoms. The summed E-state index contributed by atoms with van der Waals surface area (Å²) in [7, 11) is -3.80. The second kappa shape index (κ2) is 14.2. The molecule has 3 aromatic heterocycles. The fourth-order valence-corrected chi connectivity index (χ4v) is 5.92. The maximum Gasteiger partial charge on any atom is 0.261 e. The summed E-state index contributed by atoms with van der Waals surface area (Å²) in [5.74, 6) is 0.847. The molecule has 6 rings (SSSR count). The highest BCUT2D eigenvalue weighted by Gasteiger charge is 2.16. The van der Waals surface area contributed by atoms with Gasteiger partial charge in [0, 0.05) is 48.1 Å². The number of anilines is 1. The normalized spacial score (nSPS) is 12.1. The van der Waals surface area contributed by atoms with E-state index in [1.807, 2.05) is 60.8 Å². The van der Waals surface area contributed by atoms with Gasteiger partial charge in [0.15, 0.2) is 0 Å². The maximum absolute atomic E-state index is 13.0. The lowest BCUT2D eigenvalue weighted by molar-refractivity contribution is 0.174. The standard InChI is InChI=1S/C35H32N6O4S/c42-33(30-4-2-19-37-23-30)24-38-20-17-25-7-13-31(14-8-25)41-46(43,44)32-15-11-28(12-16-32)35-39-34(45-40-35)21-26-5-9-27(10-6-26)29-3-1-18-36-22-29/h1-16,18-19,22-23,33,38,41-42H,17,20-21,24H2. The molecule has 46 heavy (non-hydrogen) atoms. The van der Waals surface area contributed by atoms with Crippen LogP contribution in [0.2, 0.25) is 0 Å². The van der Waals surface area contributed by atoms with Gasteiger partial charge in [0.1, 0.15) is 0 Å². The van der Waals surface area contributed by atoms with E-state index in [2.05, 4.69) is 30.1 Å². The average molecular weight is 633 g/mol. The van der Waals surface area contributed by atoms with E-state index < -0.39 is 16.1 Å². The maximum atomic E-state index is 13.0. The Morgan fingerprint density at radius 1 is 0.761 bits per heavy atom. The summed E-state index contributed by atoms with van der Waals surface area (Å²) in [5, 5.41) is 17.6. The smallest absolute Gasteiger partial charge is 0.261 e. The van der Waals surface area contributed by atoms with Gasteiger partial charge in [-0.25, -0.2) is 8.42 Å². The monoisotopic (exact) mass is 632 g/mol. The highest BCUT2D eigenvalue weighted by molar-refractivity contribution is 7.92. The number of nitrogens with zero attached hydrogens (tertiary/aromatic N) is 4. The largest absolute Gasteiger partial charge is 0.387 e. The van der Waals surface area contributed by atoms with Crippen molar-refractivity contribution < 1.29 is 18.0 Å². The van der Waals surface area contributed by atoms with Gasteiger partial charge in [-0.3, -0.25) is 14.7 Å². The number of sulfonamides is 1. The van der Waals surface area contributed by atoms with Crippen molar-refractivity contribution in [1.29, 1.82) is 0 Å². The van der Waals surface area contributed by atoms with Crippen LogP contribution in [0.3, 0.4) is 0 Å². The molecular weight excluding hydrogens is 600 g/mol. The molecule has 0 amide bonds. The van der Waals surface area contributed by atoms with E-state index in [9.17, 15) is 13.5 Å². The van der Waals surface area contributed by atoms with Crippen LogP contribution in [-0.4, -0.2) is 46.7 Å². The van der Waals surface area contributed by atoms with E-state index in [1.54, 1.807) is 48.9 Å². The van der Waals surface area contributed by atoms with Crippen molar-refractivity contribution in [3.05, 3.63) is 144 Å². The molecule has 232 valence electrons. The van der Waals surface area contributed by atoms with E-state index >= 15 is 0 Å². The first-order valence-electron chi connectivity index (χ1n) is 14.8. The van der Waals surface area contributed by atoms with Crippen LogP contribution < -0.4 is 10.0 Å². The molecule has 0 saturated heterocycles. The van der Waals surface area contributed by atoms with Crippen LogP contribution in [0.5, 0.6) is 0 Å². The molecule has 6 aromatic rings. The van der Waals surface area contributed by atoms with Gasteiger partial charge in [-0.1, -0.05) is 53.7 Å². The van der Waals surface area contributed by atoms with Crippen molar-refractivity contribution in [3.63, 3.8) is 0 Å². The minimum absolute atomic E-state index is 0.120. The van der Waals surface area contributed by atoms with Crippen LogP contribution in [0, 0.1) is 0 Å². The van der Waals surface area contributed by atoms with Gasteiger partial charge in [0.05, 0.1) is 17.4 Å². The van der Waals surface area contributed by atoms with Crippen molar-refractivity contribution in [3.8, 4) is 22.5 Å². The summed E-state index contributed by atoms with van der Waals surface area (Å²) in [6, 6.07) is 29.2. The van der Waals surface area contributed by atoms with Crippen molar-refractivity contribution >= 4 is 15.7 Å². The molecule has 1 unspecified atom stereocenters. The number of benzene rings is 3. The third-order valence-corrected chi connectivity index (χ3v) is 8.80. The number of nitrogens with one attached hydrogen (secondary N) is 2. The second-order valence-electron chi connectivity index (χ2n) is 10.7. The molecule has 0 aliphatic rings. The Balaban J connectivity index is 1.00. The first-order valence-corrected chi connectivity index (χ1v) is 16.2. The summed E-state index contributed by atoms with van der Waals surface area (Å²) in [6.07, 6.45) is 7.46. The first-order chi connectivity index (χ1) is 22.4. The van der Waals surface area contributed by atoms with E-state index in [4.69, 9.17) is 4.52 Å². The predicted molar refractivity (Wildman–Crippen MR) is 175 cm³/mol. The minimum atomic E-state index is -3.80. The molecule has 0 fully saturated rings. The topological polar surface area (TPSA) is 143 Å². The molecule has 3 aromatic carbocycles. The second-order valence-corrected chi connectivity index (χ2v) is 12.4. The summed E-state index contributed by atoms with van der Waals surface area (Å²) < 4.78 is 34.2. The highest BCUT2D eigenvalue weighted by atomic mass is 32.2. The fourth-order valence-electron chi connectivity index (χ4n) is 4.87. The van der Waals surface area contributed by atoms with E-state index in [0.29, 0.717) is 42.5 Å². The van der Waals surface area contributed by atoms with Crippen molar-refractivity contribution in [2.45, 2.75) is 23.8 Å². The zero-order chi connectivity index (χ0) is 31.8. The van der Waals surface area contributed by atoms with E-state index in [1.165, 1.54) is 12.1 Å². The van der Waals surface area contributed by atoms with Gasteiger partial charge in [-0.05, 0) is 83.8 Å². The number of pyridine rings is 2. The Morgan fingerprint density at radius 2 is 1.46 bits per heavy atom. The average Bonchev–Trinajstić information content (AvgIpc) is 3.57. The number of aliphatic hydroxyl groups excluding tert-OH is 1. The summed E-state index contributed by atoms with van der Waals surface area (Å²) in [4.78, 5) is 12.8. The highest BCUT2D eigenvalue weighted by Crippen LogP contribution is 2.23. The van der Waals surface area contributed by atoms with Crippen molar-refractivity contribution in [2.24, 2.45) is 0 Å². The molecule has 0 aliphatic carbocycles. The van der Waals surface area contributed by atoms with Gasteiger partial charge in [0.2, 0.25) is 11.7 Å². The zero-order valence-electron chi connectivity index (χ0n) is 24.8. The third kappa shape index (κ3) is 7.88. The summed E-state index contributed by atoms with van der Waals surface area (Å²) in [5.41, 5.74) is 6.05. The lowest BCUT2D eigenvalue weighted by atomic mass is 10.0. The zero-order valence-corrected chi connectivity index (χ0v) is 25.6. The number of hydrogen-bond acceptors (Lipinski definition) is 9. The summed E-state index contributed by atoms with van der Waals surface area (Å²) >= 11 is 0. The Hall–Kier alpha value is -5.23. The van der Waals surface area contributed by atoms with Gasteiger partial charge in [-0.15, -0.1) is 0 Å². The summed E-state index contributed by atoms with van der Waals surface area (Å²) in [6.45, 7) is 1.08. The quantitative estimate of drug-likeness (QED) is 0.142. The molecule has 0 aliphatic heterocycles. The fraction of sp³-hybridized carbons (Fsp3) is 0.143. The van der Waals surface area contributed by atoms with Gasteiger partial charge in [-0.2, -0.15) is 4.98 Å². The molecule has 0 bridgehead atoms. The van der Waals surface area contributed by atoms with Crippen LogP contribution in [-0.2, 0) is 22.9 Å². The van der Waals surface area contributed by atoms with E-state index in [-0.39, 0.29) is 4.90 Å². The lowest BCUT2D eigenvalue weighted by Crippen LogP contribution is -2.23. The van der Waals surface area contributed by atoms with Crippen LogP contribution in [0.15, 0.2) is 131 Å². The van der Waals surface area contributed by atoms with Crippen LogP contribution in [0.25, 0.3) is 22.5 Å². The molecule has 1 atom stereocenters. The Morgan fingerprint density at radius 3 is 2.15 bits per heavy atom. The van der Waals surface area contributed by atoms with Crippen LogP contribution in [0.4, 0.5) is 5.69 Å². The molecular formula is C35H32N6O4S. The van der Waals surface area contributed by atoms with Gasteiger partial charge >= 0.3 is 0 Å². The molecule has 3 N–H and O–H groups in total. The third-order valence-electron chi connectivity index (χ3n) is 7.40. The molecule has 0 saturated carbocycles. The number of rotatable bonds is 13. The van der Waals surface area contributed by atoms with Crippen molar-refractivity contribution in [1.82, 2.24) is 25.4 Å². The molecule has 0 spiro atoms. The molecule has 10 nitrogen and oxygen atoms in total. The Labute approximate surface area is 267 Å². The predicted octanol–water partition coefficient (Wildman–Crippen LogP) is 5.45. The van der Waals surface area contributed by atoms with Crippen molar-refractivity contribution in [2.75, 3.05) is 17.8 Å². The number of aliphatic hydroxyl groups is 1. The van der Waals surface area contributed by atoms with Gasteiger partial charge in [0.25, 0.3) is 10.0 Å². The molecule has 3 heterocycles. The molecule has 0 radical (unpaired) electrons. The number of aromatic nitrogens is 4. The minimum Gasteiger partial charge on any atom is -0.387 e. The van der Waals surface area contributed by atoms with Crippen LogP contribution in [0.1, 0.15) is 28.7 Å². The van der Waals surface area contributed by atoms with Gasteiger partial charge < -0.3 is 14.9 Å². The SMILES string of the molecule is O=S(=O)(Nc1ccc(CCNCC(O)c2cccnc2)cc1)c1ccc(-c2noc(Cc3ccc(-c4cccnc4)cc3)n2)cc1. The Bertz CT molecular complexity index is 1950.